The second-order valence-corrected chi connectivity index (χ2v) is 6.34. The van der Waals surface area contributed by atoms with Gasteiger partial charge in [-0.1, -0.05) is 12.1 Å². The molecular formula is C20H23FN4O2. The van der Waals surface area contributed by atoms with Crippen LogP contribution in [-0.4, -0.2) is 28.6 Å². The maximum atomic E-state index is 13.7. The van der Waals surface area contributed by atoms with Gasteiger partial charge in [-0.25, -0.2) is 9.37 Å². The number of para-hydroxylation sites is 2. The summed E-state index contributed by atoms with van der Waals surface area (Å²) in [5, 5.41) is 2.88. The molecule has 142 valence electrons. The first-order valence-corrected chi connectivity index (χ1v) is 8.86. The Balaban J connectivity index is 1.81. The Bertz CT molecular complexity index is 954. The summed E-state index contributed by atoms with van der Waals surface area (Å²) in [4.78, 5) is 17.3. The number of benzene rings is 2. The summed E-state index contributed by atoms with van der Waals surface area (Å²) in [6, 6.07) is 11.3. The second kappa shape index (κ2) is 8.18. The summed E-state index contributed by atoms with van der Waals surface area (Å²) in [6.07, 6.45) is 0.648. The van der Waals surface area contributed by atoms with Crippen molar-refractivity contribution in [2.45, 2.75) is 19.4 Å². The third-order valence-corrected chi connectivity index (χ3v) is 4.35. The van der Waals surface area contributed by atoms with E-state index < -0.39 is 11.7 Å². The Labute approximate surface area is 157 Å². The Hall–Kier alpha value is -2.93. The standard InChI is InChI=1S/C20H23FN4O2/c1-13(19-24-16-6-3-4-7-17(16)25(19)2)23-20(26)15-12-14(21)8-9-18(15)27-11-5-10-22/h3-4,6-9,12-13H,5,10-11,22H2,1-2H3,(H,23,26)/t13-/m1/s1. The number of hydrogen-bond donors (Lipinski definition) is 2. The molecule has 2 aromatic carbocycles. The molecule has 3 rings (SSSR count). The fourth-order valence-electron chi connectivity index (χ4n) is 2.96. The van der Waals surface area contributed by atoms with Gasteiger partial charge in [0.05, 0.1) is 29.2 Å². The van der Waals surface area contributed by atoms with E-state index in [4.69, 9.17) is 10.5 Å². The molecule has 0 aliphatic carbocycles. The van der Waals surface area contributed by atoms with Crippen LogP contribution >= 0.6 is 0 Å². The lowest BCUT2D eigenvalue weighted by molar-refractivity contribution is 0.0933. The molecule has 1 atom stereocenters. The molecule has 0 aliphatic rings. The molecule has 0 saturated carbocycles. The lowest BCUT2D eigenvalue weighted by Crippen LogP contribution is -2.29. The Morgan fingerprint density at radius 3 is 2.85 bits per heavy atom. The zero-order valence-corrected chi connectivity index (χ0v) is 15.4. The average Bonchev–Trinajstić information content (AvgIpc) is 3.00. The van der Waals surface area contributed by atoms with E-state index in [-0.39, 0.29) is 11.6 Å². The number of hydrogen-bond acceptors (Lipinski definition) is 4. The molecule has 1 heterocycles. The number of imidazole rings is 1. The predicted molar refractivity (Wildman–Crippen MR) is 102 cm³/mol. The third-order valence-electron chi connectivity index (χ3n) is 4.35. The van der Waals surface area contributed by atoms with Crippen LogP contribution in [0, 0.1) is 5.82 Å². The molecule has 0 aliphatic heterocycles. The summed E-state index contributed by atoms with van der Waals surface area (Å²) in [5.41, 5.74) is 7.44. The Morgan fingerprint density at radius 1 is 1.33 bits per heavy atom. The SMILES string of the molecule is C[C@@H](NC(=O)c1cc(F)ccc1OCCCN)c1nc2ccccc2n1C. The van der Waals surface area contributed by atoms with Crippen molar-refractivity contribution in [3.63, 3.8) is 0 Å². The number of ether oxygens (including phenoxy) is 1. The second-order valence-electron chi connectivity index (χ2n) is 6.34. The monoisotopic (exact) mass is 370 g/mol. The third kappa shape index (κ3) is 4.09. The maximum absolute atomic E-state index is 13.7. The number of halogens is 1. The van der Waals surface area contributed by atoms with Gasteiger partial charge in [0, 0.05) is 7.05 Å². The zero-order valence-electron chi connectivity index (χ0n) is 15.4. The van der Waals surface area contributed by atoms with Gasteiger partial charge < -0.3 is 20.4 Å². The number of nitrogens with two attached hydrogens (primary N) is 1. The van der Waals surface area contributed by atoms with Gasteiger partial charge in [-0.15, -0.1) is 0 Å². The van der Waals surface area contributed by atoms with E-state index in [2.05, 4.69) is 10.3 Å². The Kier molecular flexibility index (Phi) is 5.71. The highest BCUT2D eigenvalue weighted by Gasteiger charge is 2.20. The number of carbonyl (C=O) groups excluding carboxylic acids is 1. The van der Waals surface area contributed by atoms with Crippen molar-refractivity contribution >= 4 is 16.9 Å². The van der Waals surface area contributed by atoms with E-state index in [1.54, 1.807) is 0 Å². The fraction of sp³-hybridized carbons (Fsp3) is 0.300. The molecule has 1 amide bonds. The zero-order chi connectivity index (χ0) is 19.4. The number of fused-ring (bicyclic) bond motifs is 1. The van der Waals surface area contributed by atoms with E-state index >= 15 is 0 Å². The first-order chi connectivity index (χ1) is 13.0. The van der Waals surface area contributed by atoms with Crippen LogP contribution in [0.1, 0.15) is 35.6 Å². The minimum absolute atomic E-state index is 0.151. The highest BCUT2D eigenvalue weighted by Crippen LogP contribution is 2.23. The maximum Gasteiger partial charge on any atom is 0.255 e. The summed E-state index contributed by atoms with van der Waals surface area (Å²) in [6.45, 7) is 2.68. The lowest BCUT2D eigenvalue weighted by atomic mass is 10.1. The first kappa shape index (κ1) is 18.8. The van der Waals surface area contributed by atoms with Gasteiger partial charge in [0.1, 0.15) is 17.4 Å². The van der Waals surface area contributed by atoms with Crippen LogP contribution in [0.15, 0.2) is 42.5 Å². The quantitative estimate of drug-likeness (QED) is 0.627. The van der Waals surface area contributed by atoms with E-state index in [9.17, 15) is 9.18 Å². The normalized spacial score (nSPS) is 12.1. The fourth-order valence-corrected chi connectivity index (χ4v) is 2.96. The molecule has 0 bridgehead atoms. The Morgan fingerprint density at radius 2 is 2.11 bits per heavy atom. The van der Waals surface area contributed by atoms with Crippen molar-refractivity contribution in [1.29, 1.82) is 0 Å². The van der Waals surface area contributed by atoms with Gasteiger partial charge in [-0.05, 0) is 50.2 Å². The van der Waals surface area contributed by atoms with Crippen LogP contribution in [0.4, 0.5) is 4.39 Å². The number of carbonyl (C=O) groups is 1. The van der Waals surface area contributed by atoms with Crippen LogP contribution in [0.5, 0.6) is 5.75 Å². The molecule has 0 saturated heterocycles. The van der Waals surface area contributed by atoms with Crippen molar-refractivity contribution < 1.29 is 13.9 Å². The van der Waals surface area contributed by atoms with Crippen LogP contribution in [-0.2, 0) is 7.05 Å². The molecule has 7 heteroatoms. The number of nitrogens with zero attached hydrogens (tertiary/aromatic N) is 2. The number of aromatic nitrogens is 2. The summed E-state index contributed by atoms with van der Waals surface area (Å²) in [5.74, 6) is 0.129. The molecule has 6 nitrogen and oxygen atoms in total. The van der Waals surface area contributed by atoms with Crippen molar-refractivity contribution in [2.75, 3.05) is 13.2 Å². The number of amides is 1. The molecule has 27 heavy (non-hydrogen) atoms. The summed E-state index contributed by atoms with van der Waals surface area (Å²) < 4.78 is 21.2. The van der Waals surface area contributed by atoms with Crippen molar-refractivity contribution in [2.24, 2.45) is 12.8 Å². The molecule has 1 aromatic heterocycles. The van der Waals surface area contributed by atoms with E-state index in [0.717, 1.165) is 11.0 Å². The van der Waals surface area contributed by atoms with Gasteiger partial charge >= 0.3 is 0 Å². The number of nitrogens with one attached hydrogen (secondary N) is 1. The molecule has 0 fully saturated rings. The van der Waals surface area contributed by atoms with Gasteiger partial charge in [0.2, 0.25) is 0 Å². The predicted octanol–water partition coefficient (Wildman–Crippen LogP) is 2.93. The van der Waals surface area contributed by atoms with Crippen molar-refractivity contribution in [3.05, 3.63) is 59.7 Å². The smallest absolute Gasteiger partial charge is 0.255 e. The molecule has 3 aromatic rings. The van der Waals surface area contributed by atoms with Crippen molar-refractivity contribution in [3.8, 4) is 5.75 Å². The number of aryl methyl sites for hydroxylation is 1. The number of rotatable bonds is 7. The molecule has 0 radical (unpaired) electrons. The lowest BCUT2D eigenvalue weighted by Gasteiger charge is -2.16. The van der Waals surface area contributed by atoms with Crippen LogP contribution in [0.25, 0.3) is 11.0 Å². The average molecular weight is 370 g/mol. The minimum Gasteiger partial charge on any atom is -0.493 e. The molecular weight excluding hydrogens is 347 g/mol. The van der Waals surface area contributed by atoms with Crippen molar-refractivity contribution in [1.82, 2.24) is 14.9 Å². The summed E-state index contributed by atoms with van der Waals surface area (Å²) >= 11 is 0. The van der Waals surface area contributed by atoms with E-state index in [1.165, 1.54) is 18.2 Å². The first-order valence-electron chi connectivity index (χ1n) is 8.86. The van der Waals surface area contributed by atoms with E-state index in [0.29, 0.717) is 31.1 Å². The summed E-state index contributed by atoms with van der Waals surface area (Å²) in [7, 11) is 1.90. The van der Waals surface area contributed by atoms with Gasteiger partial charge in [-0.2, -0.15) is 0 Å². The van der Waals surface area contributed by atoms with Crippen LogP contribution < -0.4 is 15.8 Å². The highest BCUT2D eigenvalue weighted by atomic mass is 19.1. The largest absolute Gasteiger partial charge is 0.493 e. The topological polar surface area (TPSA) is 82.2 Å². The van der Waals surface area contributed by atoms with Gasteiger partial charge in [0.25, 0.3) is 5.91 Å². The molecule has 3 N–H and O–H groups in total. The van der Waals surface area contributed by atoms with Gasteiger partial charge in [0.15, 0.2) is 0 Å². The van der Waals surface area contributed by atoms with Crippen LogP contribution in [0.3, 0.4) is 0 Å². The minimum atomic E-state index is -0.498. The molecule has 0 spiro atoms. The molecule has 0 unspecified atom stereocenters. The highest BCUT2D eigenvalue weighted by molar-refractivity contribution is 5.97. The van der Waals surface area contributed by atoms with Crippen LogP contribution in [0.2, 0.25) is 0 Å². The van der Waals surface area contributed by atoms with Gasteiger partial charge in [-0.3, -0.25) is 4.79 Å². The van der Waals surface area contributed by atoms with E-state index in [1.807, 2.05) is 42.8 Å².